The predicted octanol–water partition coefficient (Wildman–Crippen LogP) is 3.01. The number of carbonyl (C=O) groups excluding carboxylic acids is 2. The number of nitriles is 1. The number of amides is 1. The molecule has 0 bridgehead atoms. The number of carbonyl (C=O) groups is 2. The van der Waals surface area contributed by atoms with Crippen LogP contribution in [0.1, 0.15) is 59.3 Å². The van der Waals surface area contributed by atoms with E-state index in [4.69, 9.17) is 0 Å². The van der Waals surface area contributed by atoms with Crippen LogP contribution in [0.25, 0.3) is 0 Å². The number of Topliss-reactive ketones (excluding diaryl/α,β-unsaturated/α-hetero) is 1. The van der Waals surface area contributed by atoms with Crippen molar-refractivity contribution in [2.75, 3.05) is 0 Å². The summed E-state index contributed by atoms with van der Waals surface area (Å²) < 4.78 is 0. The van der Waals surface area contributed by atoms with Gasteiger partial charge in [0.2, 0.25) is 5.91 Å². The van der Waals surface area contributed by atoms with E-state index in [1.165, 1.54) is 4.88 Å². The Morgan fingerprint density at radius 1 is 1.23 bits per heavy atom. The van der Waals surface area contributed by atoms with E-state index in [9.17, 15) is 14.9 Å². The SMILES string of the molecule is N#C[C@@H](C(=O)NC1CCCC1)C(=O)c1csc2c1CCCC2. The number of rotatable bonds is 4. The summed E-state index contributed by atoms with van der Waals surface area (Å²) in [7, 11) is 0. The molecule has 0 aliphatic heterocycles. The first-order chi connectivity index (χ1) is 10.7. The molecule has 0 saturated heterocycles. The molecular weight excluding hydrogens is 296 g/mol. The van der Waals surface area contributed by atoms with E-state index in [-0.39, 0.29) is 11.8 Å². The summed E-state index contributed by atoms with van der Waals surface area (Å²) in [6, 6.07) is 2.05. The van der Waals surface area contributed by atoms with Crippen molar-refractivity contribution < 1.29 is 9.59 Å². The van der Waals surface area contributed by atoms with Crippen LogP contribution in [0.4, 0.5) is 0 Å². The van der Waals surface area contributed by atoms with Crippen molar-refractivity contribution >= 4 is 23.0 Å². The van der Waals surface area contributed by atoms with Gasteiger partial charge in [0, 0.05) is 21.9 Å². The summed E-state index contributed by atoms with van der Waals surface area (Å²) in [5.41, 5.74) is 1.68. The topological polar surface area (TPSA) is 70.0 Å². The van der Waals surface area contributed by atoms with E-state index in [0.29, 0.717) is 5.56 Å². The first-order valence-electron chi connectivity index (χ1n) is 8.04. The molecule has 1 aromatic heterocycles. The second-order valence-corrected chi connectivity index (χ2v) is 7.14. The number of fused-ring (bicyclic) bond motifs is 1. The third kappa shape index (κ3) is 2.93. The zero-order valence-electron chi connectivity index (χ0n) is 12.6. The van der Waals surface area contributed by atoms with E-state index < -0.39 is 11.8 Å². The minimum absolute atomic E-state index is 0.132. The fourth-order valence-electron chi connectivity index (χ4n) is 3.45. The van der Waals surface area contributed by atoms with E-state index >= 15 is 0 Å². The number of thiophene rings is 1. The van der Waals surface area contributed by atoms with Gasteiger partial charge in [0.15, 0.2) is 11.7 Å². The Bertz CT molecular complexity index is 623. The first kappa shape index (κ1) is 15.2. The van der Waals surface area contributed by atoms with Crippen molar-refractivity contribution in [3.05, 3.63) is 21.4 Å². The summed E-state index contributed by atoms with van der Waals surface area (Å²) in [4.78, 5) is 26.2. The van der Waals surface area contributed by atoms with E-state index in [2.05, 4.69) is 5.32 Å². The molecule has 1 saturated carbocycles. The zero-order valence-corrected chi connectivity index (χ0v) is 13.4. The third-order valence-electron chi connectivity index (χ3n) is 4.68. The minimum Gasteiger partial charge on any atom is -0.352 e. The van der Waals surface area contributed by atoms with Crippen molar-refractivity contribution in [1.29, 1.82) is 5.26 Å². The first-order valence-corrected chi connectivity index (χ1v) is 8.92. The second-order valence-electron chi connectivity index (χ2n) is 6.17. The monoisotopic (exact) mass is 316 g/mol. The zero-order chi connectivity index (χ0) is 15.5. The molecule has 2 aliphatic carbocycles. The summed E-state index contributed by atoms with van der Waals surface area (Å²) in [5.74, 6) is -1.95. The van der Waals surface area contributed by atoms with Gasteiger partial charge in [0.25, 0.3) is 0 Å². The maximum absolute atomic E-state index is 12.6. The van der Waals surface area contributed by atoms with Crippen molar-refractivity contribution in [2.24, 2.45) is 5.92 Å². The third-order valence-corrected chi connectivity index (χ3v) is 5.77. The van der Waals surface area contributed by atoms with Crippen molar-refractivity contribution in [1.82, 2.24) is 5.32 Å². The van der Waals surface area contributed by atoms with Crippen molar-refractivity contribution in [3.63, 3.8) is 0 Å². The number of ketones is 1. The van der Waals surface area contributed by atoms with Gasteiger partial charge >= 0.3 is 0 Å². The Labute approximate surface area is 134 Å². The Kier molecular flexibility index (Phi) is 4.58. The van der Waals surface area contributed by atoms with Gasteiger partial charge in [-0.05, 0) is 44.1 Å². The summed E-state index contributed by atoms with van der Waals surface area (Å²) >= 11 is 1.59. The standard InChI is InChI=1S/C17H20N2O2S/c18-9-13(17(21)19-11-5-1-2-6-11)16(20)14-10-22-15-8-4-3-7-12(14)15/h10-11,13H,1-8H2,(H,19,21)/t13-/m1/s1. The molecule has 1 aromatic rings. The molecule has 0 radical (unpaired) electrons. The number of aryl methyl sites for hydroxylation is 1. The highest BCUT2D eigenvalue weighted by atomic mass is 32.1. The summed E-state index contributed by atoms with van der Waals surface area (Å²) in [6.45, 7) is 0. The van der Waals surface area contributed by atoms with Gasteiger partial charge < -0.3 is 5.32 Å². The number of nitrogens with one attached hydrogen (secondary N) is 1. The fourth-order valence-corrected chi connectivity index (χ4v) is 4.58. The van der Waals surface area contributed by atoms with Crippen molar-refractivity contribution in [2.45, 2.75) is 57.4 Å². The highest BCUT2D eigenvalue weighted by Gasteiger charge is 2.32. The van der Waals surface area contributed by atoms with Crippen LogP contribution in [0.2, 0.25) is 0 Å². The molecule has 22 heavy (non-hydrogen) atoms. The van der Waals surface area contributed by atoms with Crippen LogP contribution >= 0.6 is 11.3 Å². The summed E-state index contributed by atoms with van der Waals surface area (Å²) in [6.07, 6.45) is 8.25. The molecule has 1 N–H and O–H groups in total. The average molecular weight is 316 g/mol. The molecule has 0 spiro atoms. The Morgan fingerprint density at radius 2 is 1.95 bits per heavy atom. The van der Waals surface area contributed by atoms with Crippen LogP contribution in [0.15, 0.2) is 5.38 Å². The average Bonchev–Trinajstić information content (AvgIpc) is 3.16. The number of nitrogens with zero attached hydrogens (tertiary/aromatic N) is 1. The van der Waals surface area contributed by atoms with Gasteiger partial charge in [0.05, 0.1) is 6.07 Å². The van der Waals surface area contributed by atoms with Crippen LogP contribution in [0.5, 0.6) is 0 Å². The van der Waals surface area contributed by atoms with Gasteiger partial charge in [-0.15, -0.1) is 11.3 Å². The minimum atomic E-state index is -1.21. The molecule has 1 fully saturated rings. The Hall–Kier alpha value is -1.67. The molecule has 116 valence electrons. The van der Waals surface area contributed by atoms with Gasteiger partial charge in [-0.25, -0.2) is 0 Å². The number of hydrogen-bond donors (Lipinski definition) is 1. The second kappa shape index (κ2) is 6.62. The lowest BCUT2D eigenvalue weighted by Gasteiger charge is -2.16. The normalized spacial score (nSPS) is 19.2. The molecule has 0 aromatic carbocycles. The lowest BCUT2D eigenvalue weighted by atomic mass is 9.90. The lowest BCUT2D eigenvalue weighted by Crippen LogP contribution is -2.40. The molecule has 1 amide bonds. The molecule has 2 aliphatic rings. The van der Waals surface area contributed by atoms with Crippen LogP contribution in [0.3, 0.4) is 0 Å². The fraction of sp³-hybridized carbons (Fsp3) is 0.588. The van der Waals surface area contributed by atoms with Gasteiger partial charge in [-0.3, -0.25) is 9.59 Å². The molecule has 4 nitrogen and oxygen atoms in total. The molecule has 1 atom stereocenters. The smallest absolute Gasteiger partial charge is 0.245 e. The maximum atomic E-state index is 12.6. The Morgan fingerprint density at radius 3 is 2.68 bits per heavy atom. The summed E-state index contributed by atoms with van der Waals surface area (Å²) in [5, 5.41) is 14.0. The predicted molar refractivity (Wildman–Crippen MR) is 84.8 cm³/mol. The molecule has 0 unspecified atom stereocenters. The van der Waals surface area contributed by atoms with Crippen molar-refractivity contribution in [3.8, 4) is 6.07 Å². The lowest BCUT2D eigenvalue weighted by molar-refractivity contribution is -0.122. The van der Waals surface area contributed by atoms with Gasteiger partial charge in [0.1, 0.15) is 0 Å². The quantitative estimate of drug-likeness (QED) is 0.685. The van der Waals surface area contributed by atoms with Gasteiger partial charge in [-0.2, -0.15) is 5.26 Å². The maximum Gasteiger partial charge on any atom is 0.245 e. The molecular formula is C17H20N2O2S. The largest absolute Gasteiger partial charge is 0.352 e. The van der Waals surface area contributed by atoms with Crippen LogP contribution in [-0.2, 0) is 17.6 Å². The van der Waals surface area contributed by atoms with Crippen LogP contribution < -0.4 is 5.32 Å². The number of hydrogen-bond acceptors (Lipinski definition) is 4. The highest BCUT2D eigenvalue weighted by molar-refractivity contribution is 7.10. The van der Waals surface area contributed by atoms with Crippen LogP contribution in [-0.4, -0.2) is 17.7 Å². The molecule has 3 rings (SSSR count). The van der Waals surface area contributed by atoms with Crippen LogP contribution in [0, 0.1) is 17.2 Å². The van der Waals surface area contributed by atoms with E-state index in [0.717, 1.165) is 56.9 Å². The van der Waals surface area contributed by atoms with E-state index in [1.807, 2.05) is 11.4 Å². The molecule has 5 heteroatoms. The Balaban J connectivity index is 1.75. The van der Waals surface area contributed by atoms with Gasteiger partial charge in [-0.1, -0.05) is 12.8 Å². The highest BCUT2D eigenvalue weighted by Crippen LogP contribution is 2.31. The van der Waals surface area contributed by atoms with E-state index in [1.54, 1.807) is 11.3 Å². The molecule has 1 heterocycles.